The molecule has 1 aromatic carbocycles. The number of halogens is 1. The van der Waals surface area contributed by atoms with E-state index < -0.39 is 0 Å². The van der Waals surface area contributed by atoms with Crippen LogP contribution in [0.2, 0.25) is 0 Å². The minimum Gasteiger partial charge on any atom is -0.508 e. The lowest BCUT2D eigenvalue weighted by atomic mass is 10.1. The molecule has 1 aromatic rings. The molecule has 0 unspecified atom stereocenters. The van der Waals surface area contributed by atoms with Crippen LogP contribution in [0.15, 0.2) is 18.2 Å². The second-order valence-electron chi connectivity index (χ2n) is 2.09. The van der Waals surface area contributed by atoms with E-state index in [1.165, 1.54) is 12.1 Å². The van der Waals surface area contributed by atoms with Gasteiger partial charge in [0.1, 0.15) is 5.75 Å². The monoisotopic (exact) mass is 167 g/mol. The Hall–Kier alpha value is -1.20. The lowest BCUT2D eigenvalue weighted by molar-refractivity contribution is 0.475. The zero-order valence-electron chi connectivity index (χ0n) is 5.71. The molecule has 1 rings (SSSR count). The molecule has 0 heterocycles. The summed E-state index contributed by atoms with van der Waals surface area (Å²) in [6, 6.07) is 6.50. The van der Waals surface area contributed by atoms with Gasteiger partial charge in [-0.1, -0.05) is 6.07 Å². The lowest BCUT2D eigenvalue weighted by Crippen LogP contribution is -1.83. The van der Waals surface area contributed by atoms with Crippen LogP contribution in [0.25, 0.3) is 0 Å². The van der Waals surface area contributed by atoms with Gasteiger partial charge in [-0.25, -0.2) is 0 Å². The zero-order chi connectivity index (χ0) is 8.27. The molecule has 0 spiro atoms. The van der Waals surface area contributed by atoms with E-state index >= 15 is 0 Å². The third kappa shape index (κ3) is 1.63. The Morgan fingerprint density at radius 2 is 2.27 bits per heavy atom. The Balaban J connectivity index is 3.19. The number of rotatable bonds is 1. The van der Waals surface area contributed by atoms with Gasteiger partial charge in [0.15, 0.2) is 0 Å². The van der Waals surface area contributed by atoms with E-state index in [4.69, 9.17) is 22.0 Å². The summed E-state index contributed by atoms with van der Waals surface area (Å²) in [6.45, 7) is 0. The summed E-state index contributed by atoms with van der Waals surface area (Å²) in [6.07, 6.45) is 0. The van der Waals surface area contributed by atoms with Crippen molar-refractivity contribution >= 4 is 11.6 Å². The van der Waals surface area contributed by atoms with Gasteiger partial charge in [0, 0.05) is 5.88 Å². The fourth-order valence-corrected chi connectivity index (χ4v) is 1.02. The maximum atomic E-state index is 8.97. The first-order valence-corrected chi connectivity index (χ1v) is 3.59. The third-order valence-corrected chi connectivity index (χ3v) is 1.65. The highest BCUT2D eigenvalue weighted by atomic mass is 35.5. The lowest BCUT2D eigenvalue weighted by Gasteiger charge is -1.98. The van der Waals surface area contributed by atoms with Crippen molar-refractivity contribution in [2.24, 2.45) is 0 Å². The van der Waals surface area contributed by atoms with E-state index in [1.54, 1.807) is 6.07 Å². The Kier molecular flexibility index (Phi) is 2.35. The SMILES string of the molecule is N#Cc1cc(O)ccc1CCl. The summed E-state index contributed by atoms with van der Waals surface area (Å²) in [5, 5.41) is 17.5. The maximum absolute atomic E-state index is 8.97. The first-order valence-electron chi connectivity index (χ1n) is 3.06. The highest BCUT2D eigenvalue weighted by Crippen LogP contribution is 2.16. The molecule has 0 saturated carbocycles. The summed E-state index contributed by atoms with van der Waals surface area (Å²) in [5.74, 6) is 0.388. The van der Waals surface area contributed by atoms with Crippen molar-refractivity contribution in [2.45, 2.75) is 5.88 Å². The molecule has 0 aliphatic heterocycles. The molecule has 11 heavy (non-hydrogen) atoms. The first kappa shape index (κ1) is 7.90. The summed E-state index contributed by atoms with van der Waals surface area (Å²) in [7, 11) is 0. The Morgan fingerprint density at radius 1 is 1.55 bits per heavy atom. The van der Waals surface area contributed by atoms with Crippen LogP contribution in [0.3, 0.4) is 0 Å². The number of aromatic hydroxyl groups is 1. The van der Waals surface area contributed by atoms with E-state index in [2.05, 4.69) is 0 Å². The molecule has 0 aliphatic rings. The zero-order valence-corrected chi connectivity index (χ0v) is 6.47. The summed E-state index contributed by atoms with van der Waals surface area (Å²) in [5.41, 5.74) is 1.17. The number of hydrogen-bond donors (Lipinski definition) is 1. The molecule has 0 saturated heterocycles. The second-order valence-corrected chi connectivity index (χ2v) is 2.35. The van der Waals surface area contributed by atoms with E-state index in [-0.39, 0.29) is 5.75 Å². The molecular formula is C8H6ClNO. The molecule has 0 aromatic heterocycles. The first-order chi connectivity index (χ1) is 5.27. The van der Waals surface area contributed by atoms with Gasteiger partial charge < -0.3 is 5.11 Å². The van der Waals surface area contributed by atoms with Gasteiger partial charge in [0.2, 0.25) is 0 Å². The van der Waals surface area contributed by atoms with Crippen molar-refractivity contribution in [3.63, 3.8) is 0 Å². The Bertz CT molecular complexity index is 303. The molecule has 2 nitrogen and oxygen atoms in total. The van der Waals surface area contributed by atoms with E-state index in [1.807, 2.05) is 6.07 Å². The van der Waals surface area contributed by atoms with Crippen LogP contribution < -0.4 is 0 Å². The minimum absolute atomic E-state index is 0.0930. The van der Waals surface area contributed by atoms with Gasteiger partial charge in [-0.2, -0.15) is 5.26 Å². The molecule has 3 heteroatoms. The quantitative estimate of drug-likeness (QED) is 0.651. The molecule has 0 aliphatic carbocycles. The van der Waals surface area contributed by atoms with Gasteiger partial charge in [0.05, 0.1) is 11.6 Å². The van der Waals surface area contributed by atoms with Crippen LogP contribution in [0.5, 0.6) is 5.75 Å². The maximum Gasteiger partial charge on any atom is 0.116 e. The van der Waals surface area contributed by atoms with Crippen molar-refractivity contribution in [1.29, 1.82) is 5.26 Å². The highest BCUT2D eigenvalue weighted by Gasteiger charge is 2.00. The topological polar surface area (TPSA) is 44.0 Å². The van der Waals surface area contributed by atoms with Crippen LogP contribution in [0.1, 0.15) is 11.1 Å². The van der Waals surface area contributed by atoms with E-state index in [0.717, 1.165) is 5.56 Å². The van der Waals surface area contributed by atoms with Crippen LogP contribution in [0, 0.1) is 11.3 Å². The van der Waals surface area contributed by atoms with Gasteiger partial charge in [-0.15, -0.1) is 11.6 Å². The Labute approximate surface area is 69.7 Å². The summed E-state index contributed by atoms with van der Waals surface area (Å²) >= 11 is 5.53. The fraction of sp³-hybridized carbons (Fsp3) is 0.125. The normalized spacial score (nSPS) is 9.09. The minimum atomic E-state index is 0.0930. The molecule has 0 fully saturated rings. The van der Waals surface area contributed by atoms with Gasteiger partial charge in [0.25, 0.3) is 0 Å². The fourth-order valence-electron chi connectivity index (χ4n) is 0.785. The largest absolute Gasteiger partial charge is 0.508 e. The number of hydrogen-bond acceptors (Lipinski definition) is 2. The Morgan fingerprint density at radius 3 is 2.82 bits per heavy atom. The van der Waals surface area contributed by atoms with Crippen molar-refractivity contribution in [2.75, 3.05) is 0 Å². The highest BCUT2D eigenvalue weighted by molar-refractivity contribution is 6.17. The summed E-state index contributed by atoms with van der Waals surface area (Å²) < 4.78 is 0. The second kappa shape index (κ2) is 3.27. The molecule has 0 bridgehead atoms. The van der Waals surface area contributed by atoms with E-state index in [9.17, 15) is 0 Å². The number of alkyl halides is 1. The van der Waals surface area contributed by atoms with Crippen molar-refractivity contribution in [1.82, 2.24) is 0 Å². The molecule has 56 valence electrons. The van der Waals surface area contributed by atoms with E-state index in [0.29, 0.717) is 11.4 Å². The smallest absolute Gasteiger partial charge is 0.116 e. The molecule has 0 atom stereocenters. The summed E-state index contributed by atoms with van der Waals surface area (Å²) in [4.78, 5) is 0. The average molecular weight is 168 g/mol. The van der Waals surface area contributed by atoms with Gasteiger partial charge in [-0.05, 0) is 17.7 Å². The number of nitrogens with zero attached hydrogens (tertiary/aromatic N) is 1. The molecule has 1 N–H and O–H groups in total. The standard InChI is InChI=1S/C8H6ClNO/c9-4-6-1-2-8(11)3-7(6)5-10/h1-3,11H,4H2. The number of benzene rings is 1. The van der Waals surface area contributed by atoms with Crippen LogP contribution in [0.4, 0.5) is 0 Å². The molecule has 0 radical (unpaired) electrons. The van der Waals surface area contributed by atoms with Crippen molar-refractivity contribution in [3.05, 3.63) is 29.3 Å². The molecule has 0 amide bonds. The molecular weight excluding hydrogens is 162 g/mol. The number of phenolic OH excluding ortho intramolecular Hbond substituents is 1. The van der Waals surface area contributed by atoms with Crippen molar-refractivity contribution in [3.8, 4) is 11.8 Å². The van der Waals surface area contributed by atoms with Crippen molar-refractivity contribution < 1.29 is 5.11 Å². The van der Waals surface area contributed by atoms with Gasteiger partial charge in [-0.3, -0.25) is 0 Å². The average Bonchev–Trinajstić information content (AvgIpc) is 2.04. The van der Waals surface area contributed by atoms with Crippen LogP contribution in [-0.2, 0) is 5.88 Å². The van der Waals surface area contributed by atoms with Crippen LogP contribution >= 0.6 is 11.6 Å². The predicted molar refractivity (Wildman–Crippen MR) is 42.4 cm³/mol. The third-order valence-electron chi connectivity index (χ3n) is 1.36. The van der Waals surface area contributed by atoms with Gasteiger partial charge >= 0.3 is 0 Å². The predicted octanol–water partition coefficient (Wildman–Crippen LogP) is 2.00. The van der Waals surface area contributed by atoms with Crippen LogP contribution in [-0.4, -0.2) is 5.11 Å². The number of phenols is 1. The number of nitriles is 1.